The zero-order valence-corrected chi connectivity index (χ0v) is 25.3. The number of rotatable bonds is 9. The van der Waals surface area contributed by atoms with Crippen molar-refractivity contribution >= 4 is 52.1 Å². The maximum Gasteiger partial charge on any atom is 0.338 e. The quantitative estimate of drug-likeness (QED) is 0.161. The third-order valence-electron chi connectivity index (χ3n) is 7.02. The number of nitrogens with zero attached hydrogens (tertiary/aromatic N) is 2. The van der Waals surface area contributed by atoms with Gasteiger partial charge in [-0.25, -0.2) is 4.79 Å². The Morgan fingerprint density at radius 2 is 1.71 bits per heavy atom. The number of nitro benzene ring substituents is 1. The molecule has 0 bridgehead atoms. The lowest BCUT2D eigenvalue weighted by Gasteiger charge is -2.27. The summed E-state index contributed by atoms with van der Waals surface area (Å²) in [5.41, 5.74) is 6.98. The molecule has 1 atom stereocenters. The predicted molar refractivity (Wildman–Crippen MR) is 169 cm³/mol. The molecule has 12 nitrogen and oxygen atoms in total. The Hall–Kier alpha value is -5.69. The average molecular weight is 629 g/mol. The molecule has 45 heavy (non-hydrogen) atoms. The number of nitro groups is 1. The second kappa shape index (κ2) is 12.9. The fourth-order valence-electron chi connectivity index (χ4n) is 5.01. The van der Waals surface area contributed by atoms with Crippen LogP contribution in [0.2, 0.25) is 0 Å². The van der Waals surface area contributed by atoms with Gasteiger partial charge in [0.05, 0.1) is 47.3 Å². The van der Waals surface area contributed by atoms with E-state index in [0.717, 1.165) is 15.9 Å². The van der Waals surface area contributed by atoms with E-state index in [1.165, 1.54) is 38.5 Å². The average Bonchev–Trinajstić information content (AvgIpc) is 3.36. The van der Waals surface area contributed by atoms with E-state index in [9.17, 15) is 24.5 Å². The van der Waals surface area contributed by atoms with Crippen molar-refractivity contribution in [3.63, 3.8) is 0 Å². The van der Waals surface area contributed by atoms with Gasteiger partial charge < -0.3 is 25.3 Å². The number of benzene rings is 3. The number of non-ortho nitro benzene ring substituents is 1. The number of fused-ring (bicyclic) bond motifs is 1. The molecule has 1 unspecified atom stereocenters. The number of carbonyl (C=O) groups is 2. The van der Waals surface area contributed by atoms with E-state index in [0.29, 0.717) is 22.6 Å². The fraction of sp³-hybridized carbons (Fsp3) is 0.156. The summed E-state index contributed by atoms with van der Waals surface area (Å²) in [6.45, 7) is 1.64. The highest BCUT2D eigenvalue weighted by Crippen LogP contribution is 2.39. The van der Waals surface area contributed by atoms with Crippen molar-refractivity contribution in [1.29, 1.82) is 0 Å². The number of methoxy groups -OCH3 is 2. The van der Waals surface area contributed by atoms with Gasteiger partial charge in [0.1, 0.15) is 22.0 Å². The Kier molecular flexibility index (Phi) is 8.81. The normalized spacial score (nSPS) is 14.5. The Labute approximate surface area is 260 Å². The first-order chi connectivity index (χ1) is 21.7. The summed E-state index contributed by atoms with van der Waals surface area (Å²) in [5.74, 6) is -1.77. The van der Waals surface area contributed by atoms with Crippen molar-refractivity contribution in [2.75, 3.05) is 26.1 Å². The molecule has 1 aliphatic heterocycles. The first-order valence-electron chi connectivity index (χ1n) is 13.7. The van der Waals surface area contributed by atoms with Crippen molar-refractivity contribution in [2.45, 2.75) is 12.8 Å². The largest absolute Gasteiger partial charge is 0.497 e. The molecular formula is C32H28N4O8S. The summed E-state index contributed by atoms with van der Waals surface area (Å²) in [7, 11) is 3.01. The molecule has 230 valence electrons. The van der Waals surface area contributed by atoms with Crippen LogP contribution in [-0.2, 0) is 14.3 Å². The van der Waals surface area contributed by atoms with E-state index in [1.807, 2.05) is 0 Å². The highest BCUT2D eigenvalue weighted by molar-refractivity contribution is 7.07. The summed E-state index contributed by atoms with van der Waals surface area (Å²) in [6.07, 6.45) is 1.63. The zero-order chi connectivity index (χ0) is 32.2. The van der Waals surface area contributed by atoms with Gasteiger partial charge in [-0.2, -0.15) is 0 Å². The number of hydrogen-bond acceptors (Lipinski definition) is 10. The van der Waals surface area contributed by atoms with Crippen LogP contribution < -0.4 is 35.3 Å². The molecule has 3 N–H and O–H groups in total. The second-order valence-electron chi connectivity index (χ2n) is 9.74. The Morgan fingerprint density at radius 1 is 1.02 bits per heavy atom. The van der Waals surface area contributed by atoms with Gasteiger partial charge in [0.25, 0.3) is 17.2 Å². The second-order valence-corrected chi connectivity index (χ2v) is 10.8. The van der Waals surface area contributed by atoms with E-state index >= 15 is 0 Å². The molecule has 1 aromatic heterocycles. The number of anilines is 1. The van der Waals surface area contributed by atoms with Gasteiger partial charge in [-0.1, -0.05) is 30.3 Å². The van der Waals surface area contributed by atoms with E-state index < -0.39 is 28.3 Å². The Bertz CT molecular complexity index is 2050. The summed E-state index contributed by atoms with van der Waals surface area (Å²) in [6, 6.07) is 19.2. The SMILES string of the molecule is CCOC(=O)C1=C(N)n2c(s/c(=C\c3cccc(OC)c3)c2=O)=C(C(=O)Nc2cccc([N+](=O)[O-])c2)C1c1cccc(OC)c1. The lowest BCUT2D eigenvalue weighted by atomic mass is 9.82. The molecule has 0 aliphatic carbocycles. The minimum atomic E-state index is -1.10. The van der Waals surface area contributed by atoms with Gasteiger partial charge >= 0.3 is 5.97 Å². The monoisotopic (exact) mass is 628 g/mol. The van der Waals surface area contributed by atoms with Crippen LogP contribution in [0.5, 0.6) is 11.5 Å². The summed E-state index contributed by atoms with van der Waals surface area (Å²) in [5, 5.41) is 14.1. The minimum absolute atomic E-state index is 0.00984. The molecule has 1 aliphatic rings. The molecule has 13 heteroatoms. The number of aromatic nitrogens is 1. The van der Waals surface area contributed by atoms with Crippen molar-refractivity contribution < 1.29 is 28.7 Å². The van der Waals surface area contributed by atoms with E-state index in [2.05, 4.69) is 5.32 Å². The van der Waals surface area contributed by atoms with Crippen LogP contribution in [0.1, 0.15) is 24.0 Å². The highest BCUT2D eigenvalue weighted by Gasteiger charge is 2.39. The topological polar surface area (TPSA) is 165 Å². The van der Waals surface area contributed by atoms with E-state index in [-0.39, 0.29) is 44.1 Å². The summed E-state index contributed by atoms with van der Waals surface area (Å²) < 4.78 is 17.6. The molecule has 1 amide bonds. The molecule has 2 heterocycles. The molecule has 0 fully saturated rings. The number of ether oxygens (including phenoxy) is 3. The fourth-order valence-corrected chi connectivity index (χ4v) is 6.18. The third kappa shape index (κ3) is 6.06. The maximum atomic E-state index is 14.2. The molecule has 5 rings (SSSR count). The van der Waals surface area contributed by atoms with Gasteiger partial charge in [0.15, 0.2) is 0 Å². The summed E-state index contributed by atoms with van der Waals surface area (Å²) in [4.78, 5) is 52.5. The van der Waals surface area contributed by atoms with Crippen molar-refractivity contribution in [2.24, 2.45) is 5.73 Å². The highest BCUT2D eigenvalue weighted by atomic mass is 32.1. The van der Waals surface area contributed by atoms with Gasteiger partial charge in [0.2, 0.25) is 0 Å². The number of amides is 1. The first kappa shape index (κ1) is 30.8. The van der Waals surface area contributed by atoms with Gasteiger partial charge in [0, 0.05) is 17.8 Å². The predicted octanol–water partition coefficient (Wildman–Crippen LogP) is 2.94. The molecule has 0 saturated carbocycles. The first-order valence-corrected chi connectivity index (χ1v) is 14.5. The van der Waals surface area contributed by atoms with Crippen LogP contribution in [0.4, 0.5) is 11.4 Å². The van der Waals surface area contributed by atoms with Crippen LogP contribution in [0.25, 0.3) is 17.5 Å². The number of carbonyl (C=O) groups excluding carboxylic acids is 2. The van der Waals surface area contributed by atoms with Crippen molar-refractivity contribution in [1.82, 2.24) is 4.57 Å². The molecule has 3 aromatic carbocycles. The molecular weight excluding hydrogens is 600 g/mol. The lowest BCUT2D eigenvalue weighted by molar-refractivity contribution is -0.384. The van der Waals surface area contributed by atoms with Gasteiger partial charge in [-0.3, -0.25) is 24.3 Å². The molecule has 4 aromatic rings. The molecule has 0 radical (unpaired) electrons. The standard InChI is InChI=1S/C32H28N4O8S/c1-4-44-32(39)26-25(19-9-6-13-23(16-19)43-3)27(29(37)34-20-10-7-11-21(17-20)36(40)41)31-35(28(26)33)30(38)24(45-31)15-18-8-5-12-22(14-18)42-2/h5-17,25H,4,33H2,1-3H3,(H,34,37)/b24-15-. The number of hydrogen-bond donors (Lipinski definition) is 2. The van der Waals surface area contributed by atoms with Crippen molar-refractivity contribution in [3.05, 3.63) is 119 Å². The molecule has 0 saturated heterocycles. The van der Waals surface area contributed by atoms with E-state index in [4.69, 9.17) is 19.9 Å². The Morgan fingerprint density at radius 3 is 2.40 bits per heavy atom. The van der Waals surface area contributed by atoms with Gasteiger partial charge in [-0.05, 0) is 54.5 Å². The van der Waals surface area contributed by atoms with Crippen LogP contribution in [0, 0.1) is 10.1 Å². The molecule has 0 spiro atoms. The minimum Gasteiger partial charge on any atom is -0.497 e. The summed E-state index contributed by atoms with van der Waals surface area (Å²) >= 11 is 1.01. The number of esters is 1. The smallest absolute Gasteiger partial charge is 0.338 e. The van der Waals surface area contributed by atoms with Crippen LogP contribution >= 0.6 is 11.3 Å². The van der Waals surface area contributed by atoms with Crippen LogP contribution in [0.3, 0.4) is 0 Å². The number of thiazole rings is 1. The third-order valence-corrected chi connectivity index (χ3v) is 8.13. The Balaban J connectivity index is 1.83. The number of nitrogens with two attached hydrogens (primary N) is 1. The maximum absolute atomic E-state index is 14.2. The van der Waals surface area contributed by atoms with Crippen molar-refractivity contribution in [3.8, 4) is 11.5 Å². The van der Waals surface area contributed by atoms with Crippen LogP contribution in [-0.4, -0.2) is 42.2 Å². The number of nitrogens with one attached hydrogen (secondary N) is 1. The van der Waals surface area contributed by atoms with E-state index in [1.54, 1.807) is 61.5 Å². The van der Waals surface area contributed by atoms with Crippen LogP contribution in [0.15, 0.2) is 83.2 Å². The lowest BCUT2D eigenvalue weighted by Crippen LogP contribution is -2.42. The zero-order valence-electron chi connectivity index (χ0n) is 24.4. The van der Waals surface area contributed by atoms with Gasteiger partial charge in [-0.15, -0.1) is 11.3 Å².